The van der Waals surface area contributed by atoms with Gasteiger partial charge in [-0.3, -0.25) is 0 Å². The Hall–Kier alpha value is -1.39. The van der Waals surface area contributed by atoms with E-state index in [0.29, 0.717) is 0 Å². The van der Waals surface area contributed by atoms with E-state index >= 15 is 0 Å². The van der Waals surface area contributed by atoms with Gasteiger partial charge in [0.25, 0.3) is 0 Å². The lowest BCUT2D eigenvalue weighted by atomic mass is 10.1. The smallest absolute Gasteiger partial charge is 0.122 e. The van der Waals surface area contributed by atoms with Crippen LogP contribution in [-0.4, -0.2) is 38.5 Å². The number of hydrogen-bond acceptors (Lipinski definition) is 4. The van der Waals surface area contributed by atoms with Gasteiger partial charge in [-0.25, -0.2) is 0 Å². The molecule has 17 heavy (non-hydrogen) atoms. The van der Waals surface area contributed by atoms with Crippen molar-refractivity contribution in [3.8, 4) is 0 Å². The van der Waals surface area contributed by atoms with Crippen LogP contribution >= 0.6 is 0 Å². The summed E-state index contributed by atoms with van der Waals surface area (Å²) >= 11 is 0. The number of benzene rings is 1. The zero-order valence-electron chi connectivity index (χ0n) is 9.98. The van der Waals surface area contributed by atoms with Crippen molar-refractivity contribution in [2.24, 2.45) is 5.16 Å². The number of nitrogens with zero attached hydrogens (tertiary/aromatic N) is 1. The Morgan fingerprint density at radius 3 is 2.06 bits per heavy atom. The molecule has 0 radical (unpaired) electrons. The Balaban J connectivity index is 0.000000153. The topological polar surface area (TPSA) is 45.7 Å². The van der Waals surface area contributed by atoms with Crippen LogP contribution in [0.15, 0.2) is 35.5 Å². The molecule has 2 heterocycles. The van der Waals surface area contributed by atoms with Gasteiger partial charge < -0.3 is 15.5 Å². The van der Waals surface area contributed by atoms with E-state index in [9.17, 15) is 0 Å². The molecule has 0 amide bonds. The van der Waals surface area contributed by atoms with E-state index in [-0.39, 0.29) is 0 Å². The summed E-state index contributed by atoms with van der Waals surface area (Å²) in [5.41, 5.74) is 2.23. The molecule has 0 spiro atoms. The normalized spacial score (nSPS) is 18.7. The second-order valence-electron chi connectivity index (χ2n) is 3.99. The van der Waals surface area contributed by atoms with Crippen LogP contribution in [0.3, 0.4) is 0 Å². The van der Waals surface area contributed by atoms with Crippen molar-refractivity contribution in [3.05, 3.63) is 35.9 Å². The molecule has 2 aliphatic rings. The molecule has 1 fully saturated rings. The molecule has 0 saturated carbocycles. The van der Waals surface area contributed by atoms with Crippen molar-refractivity contribution in [2.45, 2.75) is 6.42 Å². The van der Waals surface area contributed by atoms with E-state index < -0.39 is 0 Å². The van der Waals surface area contributed by atoms with Gasteiger partial charge in [0.2, 0.25) is 0 Å². The first-order valence-electron chi connectivity index (χ1n) is 6.12. The van der Waals surface area contributed by atoms with E-state index in [1.165, 1.54) is 5.56 Å². The highest BCUT2D eigenvalue weighted by molar-refractivity contribution is 6.00. The molecule has 92 valence electrons. The average molecular weight is 233 g/mol. The molecule has 2 aliphatic heterocycles. The highest BCUT2D eigenvalue weighted by atomic mass is 16.6. The molecule has 0 aliphatic carbocycles. The fraction of sp³-hybridized carbons (Fsp3) is 0.462. The third kappa shape index (κ3) is 4.17. The van der Waals surface area contributed by atoms with E-state index in [2.05, 4.69) is 15.8 Å². The molecular formula is C13H19N3O. The summed E-state index contributed by atoms with van der Waals surface area (Å²) in [6, 6.07) is 10.1. The van der Waals surface area contributed by atoms with Crippen LogP contribution in [0.4, 0.5) is 0 Å². The lowest BCUT2D eigenvalue weighted by Crippen LogP contribution is -2.39. The van der Waals surface area contributed by atoms with Crippen LogP contribution in [-0.2, 0) is 4.84 Å². The van der Waals surface area contributed by atoms with E-state index in [1.807, 2.05) is 30.3 Å². The number of rotatable bonds is 1. The van der Waals surface area contributed by atoms with Gasteiger partial charge in [-0.15, -0.1) is 0 Å². The summed E-state index contributed by atoms with van der Waals surface area (Å²) in [5, 5.41) is 10.4. The van der Waals surface area contributed by atoms with Crippen molar-refractivity contribution in [3.63, 3.8) is 0 Å². The Bertz CT molecular complexity index is 335. The molecule has 0 atom stereocenters. The zero-order chi connectivity index (χ0) is 11.8. The Morgan fingerprint density at radius 2 is 1.59 bits per heavy atom. The van der Waals surface area contributed by atoms with Gasteiger partial charge >= 0.3 is 0 Å². The molecule has 0 bridgehead atoms. The fourth-order valence-corrected chi connectivity index (χ4v) is 1.74. The summed E-state index contributed by atoms with van der Waals surface area (Å²) in [7, 11) is 0. The maximum Gasteiger partial charge on any atom is 0.122 e. The predicted octanol–water partition coefficient (Wildman–Crippen LogP) is 0.990. The first-order valence-corrected chi connectivity index (χ1v) is 6.12. The van der Waals surface area contributed by atoms with Gasteiger partial charge in [0.1, 0.15) is 6.61 Å². The highest BCUT2D eigenvalue weighted by Gasteiger charge is 2.08. The summed E-state index contributed by atoms with van der Waals surface area (Å²) in [4.78, 5) is 4.90. The molecule has 3 rings (SSSR count). The minimum atomic E-state index is 0.726. The minimum Gasteiger partial charge on any atom is -0.395 e. The summed E-state index contributed by atoms with van der Waals surface area (Å²) in [5.74, 6) is 0. The van der Waals surface area contributed by atoms with E-state index in [1.54, 1.807) is 0 Å². The van der Waals surface area contributed by atoms with E-state index in [0.717, 1.165) is 44.9 Å². The Labute approximate surface area is 102 Å². The quantitative estimate of drug-likeness (QED) is 0.760. The van der Waals surface area contributed by atoms with Crippen LogP contribution in [0.2, 0.25) is 0 Å². The maximum atomic E-state index is 4.90. The predicted molar refractivity (Wildman–Crippen MR) is 69.3 cm³/mol. The maximum absolute atomic E-state index is 4.90. The molecular weight excluding hydrogens is 214 g/mol. The number of oxime groups is 1. The molecule has 1 aromatic rings. The average Bonchev–Trinajstić information content (AvgIpc) is 2.96. The summed E-state index contributed by atoms with van der Waals surface area (Å²) < 4.78 is 0. The summed E-state index contributed by atoms with van der Waals surface area (Å²) in [6.07, 6.45) is 0.935. The van der Waals surface area contributed by atoms with Crippen LogP contribution < -0.4 is 10.6 Å². The zero-order valence-corrected chi connectivity index (χ0v) is 9.98. The van der Waals surface area contributed by atoms with Crippen molar-refractivity contribution in [2.75, 3.05) is 32.8 Å². The monoisotopic (exact) mass is 233 g/mol. The Morgan fingerprint density at radius 1 is 0.941 bits per heavy atom. The SMILES string of the molecule is C1CNCCN1.c1ccc(C2=NOCC2)cc1. The van der Waals surface area contributed by atoms with Crippen molar-refractivity contribution in [1.82, 2.24) is 10.6 Å². The van der Waals surface area contributed by atoms with Gasteiger partial charge in [-0.1, -0.05) is 35.5 Å². The number of piperazine rings is 1. The van der Waals surface area contributed by atoms with Gasteiger partial charge in [0, 0.05) is 32.6 Å². The first-order chi connectivity index (χ1) is 8.47. The highest BCUT2D eigenvalue weighted by Crippen LogP contribution is 2.09. The first kappa shape index (κ1) is 12.1. The van der Waals surface area contributed by atoms with Gasteiger partial charge in [-0.05, 0) is 5.56 Å². The van der Waals surface area contributed by atoms with Crippen LogP contribution in [0.1, 0.15) is 12.0 Å². The van der Waals surface area contributed by atoms with Crippen LogP contribution in [0.5, 0.6) is 0 Å². The molecule has 4 heteroatoms. The molecule has 0 unspecified atom stereocenters. The second-order valence-corrected chi connectivity index (χ2v) is 3.99. The fourth-order valence-electron chi connectivity index (χ4n) is 1.74. The molecule has 0 aromatic heterocycles. The molecule has 2 N–H and O–H groups in total. The minimum absolute atomic E-state index is 0.726. The standard InChI is InChI=1S/C9H9NO.C4H10N2/c1-2-4-8(5-3-1)9-6-7-11-10-9;1-2-6-4-3-5-1/h1-5H,6-7H2;5-6H,1-4H2. The number of nitrogens with one attached hydrogen (secondary N) is 2. The van der Waals surface area contributed by atoms with Crippen molar-refractivity contribution >= 4 is 5.71 Å². The number of hydrogen-bond donors (Lipinski definition) is 2. The van der Waals surface area contributed by atoms with E-state index in [4.69, 9.17) is 4.84 Å². The Kier molecular flexibility index (Phi) is 5.00. The second kappa shape index (κ2) is 7.04. The summed E-state index contributed by atoms with van der Waals surface area (Å²) in [6.45, 7) is 5.28. The molecule has 1 aromatic carbocycles. The third-order valence-corrected chi connectivity index (χ3v) is 2.67. The largest absolute Gasteiger partial charge is 0.395 e. The van der Waals surface area contributed by atoms with Gasteiger partial charge in [-0.2, -0.15) is 0 Å². The van der Waals surface area contributed by atoms with Crippen molar-refractivity contribution in [1.29, 1.82) is 0 Å². The lowest BCUT2D eigenvalue weighted by molar-refractivity contribution is 0.174. The molecule has 4 nitrogen and oxygen atoms in total. The third-order valence-electron chi connectivity index (χ3n) is 2.67. The van der Waals surface area contributed by atoms with Gasteiger partial charge in [0.05, 0.1) is 5.71 Å². The molecule has 1 saturated heterocycles. The van der Waals surface area contributed by atoms with Crippen LogP contribution in [0.25, 0.3) is 0 Å². The van der Waals surface area contributed by atoms with Crippen molar-refractivity contribution < 1.29 is 4.84 Å². The van der Waals surface area contributed by atoms with Crippen LogP contribution in [0, 0.1) is 0 Å². The lowest BCUT2D eigenvalue weighted by Gasteiger charge is -2.11. The van der Waals surface area contributed by atoms with Gasteiger partial charge in [0.15, 0.2) is 0 Å².